The number of benzene rings is 2. The van der Waals surface area contributed by atoms with Crippen molar-refractivity contribution < 1.29 is 14.9 Å². The van der Waals surface area contributed by atoms with Gasteiger partial charge in [-0.1, -0.05) is 29.8 Å². The molecule has 2 heterocycles. The van der Waals surface area contributed by atoms with E-state index in [0.717, 1.165) is 17.7 Å². The van der Waals surface area contributed by atoms with Crippen LogP contribution >= 0.6 is 11.6 Å². The Morgan fingerprint density at radius 1 is 1.08 bits per heavy atom. The highest BCUT2D eigenvalue weighted by atomic mass is 35.5. The summed E-state index contributed by atoms with van der Waals surface area (Å²) in [5.74, 6) is -0.199. The number of nitrogens with one attached hydrogen (secondary N) is 1. The highest BCUT2D eigenvalue weighted by Crippen LogP contribution is 2.29. The van der Waals surface area contributed by atoms with Gasteiger partial charge in [-0.2, -0.15) is 0 Å². The third kappa shape index (κ3) is 2.56. The molecule has 6 heteroatoms. The van der Waals surface area contributed by atoms with E-state index in [2.05, 4.69) is 10.6 Å². The summed E-state index contributed by atoms with van der Waals surface area (Å²) < 4.78 is 0. The van der Waals surface area contributed by atoms with E-state index in [4.69, 9.17) is 11.6 Å². The Hall–Kier alpha value is -2.37. The summed E-state index contributed by atoms with van der Waals surface area (Å²) in [6.07, 6.45) is 0. The number of carbonyl (C=O) groups excluding carboxylic acids is 2. The average Bonchev–Trinajstić information content (AvgIpc) is 2.71. The van der Waals surface area contributed by atoms with Crippen molar-refractivity contribution in [3.63, 3.8) is 0 Å². The lowest BCUT2D eigenvalue weighted by Crippen LogP contribution is -2.92. The largest absolute Gasteiger partial charge is 0.343 e. The number of hydrogen-bond acceptors (Lipinski definition) is 2. The fourth-order valence-corrected chi connectivity index (χ4v) is 3.43. The van der Waals surface area contributed by atoms with Crippen molar-refractivity contribution in [1.29, 1.82) is 0 Å². The summed E-state index contributed by atoms with van der Waals surface area (Å²) in [6.45, 7) is 2.01. The first-order valence-electron chi connectivity index (χ1n) is 7.97. The molecule has 4 rings (SSSR count). The molecule has 1 atom stereocenters. The SMILES string of the molecule is O=C1Nc2ccc(-c3ccc(Cl)cc3)cc2C(=O)N2CC[NH2+]C[C@@H]12. The van der Waals surface area contributed by atoms with Crippen molar-refractivity contribution >= 4 is 29.1 Å². The van der Waals surface area contributed by atoms with E-state index in [9.17, 15) is 9.59 Å². The molecule has 2 aliphatic rings. The molecule has 3 N–H and O–H groups in total. The first-order valence-corrected chi connectivity index (χ1v) is 8.35. The molecule has 122 valence electrons. The van der Waals surface area contributed by atoms with Gasteiger partial charge in [-0.25, -0.2) is 0 Å². The topological polar surface area (TPSA) is 66.0 Å². The summed E-state index contributed by atoms with van der Waals surface area (Å²) >= 11 is 5.94. The number of hydrogen-bond donors (Lipinski definition) is 2. The minimum absolute atomic E-state index is 0.0859. The maximum atomic E-state index is 13.0. The molecule has 2 aromatic rings. The molecular formula is C18H17ClN3O2+. The van der Waals surface area contributed by atoms with Crippen LogP contribution in [0, 0.1) is 0 Å². The number of piperazine rings is 1. The first-order chi connectivity index (χ1) is 11.6. The Morgan fingerprint density at radius 3 is 2.62 bits per heavy atom. The quantitative estimate of drug-likeness (QED) is 0.821. The molecule has 1 saturated heterocycles. The average molecular weight is 343 g/mol. The van der Waals surface area contributed by atoms with Crippen molar-refractivity contribution in [1.82, 2.24) is 4.90 Å². The van der Waals surface area contributed by atoms with E-state index < -0.39 is 6.04 Å². The summed E-state index contributed by atoms with van der Waals surface area (Å²) in [5, 5.41) is 5.64. The molecule has 5 nitrogen and oxygen atoms in total. The number of fused-ring (bicyclic) bond motifs is 2. The highest BCUT2D eigenvalue weighted by Gasteiger charge is 2.38. The number of carbonyl (C=O) groups is 2. The first kappa shape index (κ1) is 15.2. The predicted molar refractivity (Wildman–Crippen MR) is 92.0 cm³/mol. The van der Waals surface area contributed by atoms with Gasteiger partial charge in [0.2, 0.25) is 0 Å². The van der Waals surface area contributed by atoms with Crippen molar-refractivity contribution in [3.8, 4) is 11.1 Å². The van der Waals surface area contributed by atoms with Crippen LogP contribution in [0.2, 0.25) is 5.02 Å². The summed E-state index contributed by atoms with van der Waals surface area (Å²) in [4.78, 5) is 27.0. The summed E-state index contributed by atoms with van der Waals surface area (Å²) in [7, 11) is 0. The molecule has 0 spiro atoms. The monoisotopic (exact) mass is 342 g/mol. The van der Waals surface area contributed by atoms with E-state index in [1.54, 1.807) is 11.0 Å². The van der Waals surface area contributed by atoms with E-state index >= 15 is 0 Å². The van der Waals surface area contributed by atoms with Gasteiger partial charge in [0.1, 0.15) is 6.54 Å². The molecule has 24 heavy (non-hydrogen) atoms. The fraction of sp³-hybridized carbons (Fsp3) is 0.222. The van der Waals surface area contributed by atoms with Gasteiger partial charge >= 0.3 is 0 Å². The maximum absolute atomic E-state index is 13.0. The molecule has 0 radical (unpaired) electrons. The second-order valence-electron chi connectivity index (χ2n) is 6.08. The molecule has 0 bridgehead atoms. The van der Waals surface area contributed by atoms with Gasteiger partial charge in [0.05, 0.1) is 24.3 Å². The number of amides is 2. The third-order valence-electron chi connectivity index (χ3n) is 4.59. The molecule has 1 fully saturated rings. The van der Waals surface area contributed by atoms with E-state index in [0.29, 0.717) is 29.4 Å². The van der Waals surface area contributed by atoms with E-state index in [1.807, 2.05) is 36.4 Å². The molecule has 0 aliphatic carbocycles. The van der Waals surface area contributed by atoms with Gasteiger partial charge in [-0.05, 0) is 35.4 Å². The summed E-state index contributed by atoms with van der Waals surface area (Å²) in [6, 6.07) is 12.6. The van der Waals surface area contributed by atoms with Gasteiger partial charge in [-0.15, -0.1) is 0 Å². The molecule has 0 unspecified atom stereocenters. The standard InChI is InChI=1S/C18H16ClN3O2/c19-13-4-1-11(2-5-13)12-3-6-15-14(9-12)18(24)22-8-7-20-10-16(22)17(23)21-15/h1-6,9,16,20H,7-8,10H2,(H,21,23)/p+1/t16-/m0/s1. The number of nitrogens with two attached hydrogens (primary N) is 1. The Kier molecular flexibility index (Phi) is 3.75. The van der Waals surface area contributed by atoms with Gasteiger partial charge in [0.15, 0.2) is 6.04 Å². The molecule has 2 aliphatic heterocycles. The van der Waals surface area contributed by atoms with Gasteiger partial charge in [0, 0.05) is 5.02 Å². The van der Waals surface area contributed by atoms with Gasteiger partial charge < -0.3 is 15.5 Å². The van der Waals surface area contributed by atoms with Crippen molar-refractivity contribution in [2.75, 3.05) is 25.0 Å². The van der Waals surface area contributed by atoms with Crippen LogP contribution in [-0.4, -0.2) is 42.4 Å². The van der Waals surface area contributed by atoms with E-state index in [-0.39, 0.29) is 11.8 Å². The smallest absolute Gasteiger partial charge is 0.257 e. The zero-order valence-electron chi connectivity index (χ0n) is 13.0. The maximum Gasteiger partial charge on any atom is 0.257 e. The van der Waals surface area contributed by atoms with Crippen LogP contribution in [0.1, 0.15) is 10.4 Å². The number of quaternary nitrogens is 1. The Labute approximate surface area is 144 Å². The lowest BCUT2D eigenvalue weighted by atomic mass is 10.0. The second kappa shape index (κ2) is 5.92. The molecule has 0 saturated carbocycles. The Balaban J connectivity index is 1.77. The molecular weight excluding hydrogens is 326 g/mol. The third-order valence-corrected chi connectivity index (χ3v) is 4.84. The number of anilines is 1. The highest BCUT2D eigenvalue weighted by molar-refractivity contribution is 6.30. The number of halogens is 1. The van der Waals surface area contributed by atoms with Crippen molar-refractivity contribution in [2.45, 2.75) is 6.04 Å². The van der Waals surface area contributed by atoms with Crippen molar-refractivity contribution in [3.05, 3.63) is 53.1 Å². The summed E-state index contributed by atoms with van der Waals surface area (Å²) in [5.41, 5.74) is 3.03. The molecule has 0 aromatic heterocycles. The lowest BCUT2D eigenvalue weighted by Gasteiger charge is -2.30. The second-order valence-corrected chi connectivity index (χ2v) is 6.52. The Morgan fingerprint density at radius 2 is 1.83 bits per heavy atom. The zero-order valence-corrected chi connectivity index (χ0v) is 13.7. The van der Waals surface area contributed by atoms with Gasteiger partial charge in [-0.3, -0.25) is 9.59 Å². The number of nitrogens with zero attached hydrogens (tertiary/aromatic N) is 1. The number of rotatable bonds is 1. The van der Waals surface area contributed by atoms with E-state index in [1.165, 1.54) is 0 Å². The minimum Gasteiger partial charge on any atom is -0.343 e. The molecule has 2 aromatic carbocycles. The van der Waals surface area contributed by atoms with Crippen LogP contribution in [0.3, 0.4) is 0 Å². The van der Waals surface area contributed by atoms with Crippen LogP contribution in [0.15, 0.2) is 42.5 Å². The zero-order chi connectivity index (χ0) is 16.7. The Bertz CT molecular complexity index is 820. The van der Waals surface area contributed by atoms with Crippen LogP contribution in [0.5, 0.6) is 0 Å². The normalized spacial score (nSPS) is 20.0. The van der Waals surface area contributed by atoms with Crippen LogP contribution in [-0.2, 0) is 4.79 Å². The van der Waals surface area contributed by atoms with Crippen LogP contribution in [0.4, 0.5) is 5.69 Å². The predicted octanol–water partition coefficient (Wildman–Crippen LogP) is 1.35. The fourth-order valence-electron chi connectivity index (χ4n) is 3.30. The molecule has 2 amide bonds. The van der Waals surface area contributed by atoms with Crippen LogP contribution < -0.4 is 10.6 Å². The van der Waals surface area contributed by atoms with Crippen molar-refractivity contribution in [2.24, 2.45) is 0 Å². The minimum atomic E-state index is -0.405. The lowest BCUT2D eigenvalue weighted by molar-refractivity contribution is -0.665. The van der Waals surface area contributed by atoms with Crippen LogP contribution in [0.25, 0.3) is 11.1 Å². The van der Waals surface area contributed by atoms with Gasteiger partial charge in [0.25, 0.3) is 11.8 Å².